The Labute approximate surface area is 105 Å². The molecule has 0 aliphatic carbocycles. The van der Waals surface area contributed by atoms with E-state index in [1.165, 1.54) is 0 Å². The highest BCUT2D eigenvalue weighted by atomic mass is 16.4. The number of carboxylic acid groups (broad SMARTS) is 1. The zero-order chi connectivity index (χ0) is 13.3. The van der Waals surface area contributed by atoms with Gasteiger partial charge >= 0.3 is 12.0 Å². The fraction of sp³-hybridized carbons (Fsp3) is 0.727. The number of hydrogen-bond acceptors (Lipinski definition) is 3. The molecule has 0 aromatic rings. The first kappa shape index (κ1) is 12.7. The van der Waals surface area contributed by atoms with Gasteiger partial charge in [0.15, 0.2) is 0 Å². The van der Waals surface area contributed by atoms with Gasteiger partial charge in [0.05, 0.1) is 6.42 Å². The molecule has 2 N–H and O–H groups in total. The molecule has 1 unspecified atom stereocenters. The van der Waals surface area contributed by atoms with Gasteiger partial charge in [-0.2, -0.15) is 0 Å². The molecule has 3 amide bonds. The molecule has 0 radical (unpaired) electrons. The Balaban J connectivity index is 1.74. The van der Waals surface area contributed by atoms with Crippen LogP contribution >= 0.6 is 0 Å². The van der Waals surface area contributed by atoms with Gasteiger partial charge in [0.25, 0.3) is 0 Å². The largest absolute Gasteiger partial charge is 0.481 e. The van der Waals surface area contributed by atoms with Gasteiger partial charge in [-0.15, -0.1) is 0 Å². The number of amides is 3. The maximum absolute atomic E-state index is 11.8. The minimum atomic E-state index is -0.840. The van der Waals surface area contributed by atoms with Crippen LogP contribution in [-0.4, -0.2) is 65.5 Å². The van der Waals surface area contributed by atoms with Gasteiger partial charge in [0, 0.05) is 32.6 Å². The van der Waals surface area contributed by atoms with Crippen LogP contribution in [0.4, 0.5) is 4.79 Å². The topological polar surface area (TPSA) is 90.0 Å². The molecule has 100 valence electrons. The fourth-order valence-electron chi connectivity index (χ4n) is 2.31. The Kier molecular flexibility index (Phi) is 3.40. The zero-order valence-electron chi connectivity index (χ0n) is 10.3. The van der Waals surface area contributed by atoms with Crippen molar-refractivity contribution in [1.29, 1.82) is 0 Å². The smallest absolute Gasteiger partial charge is 0.318 e. The van der Waals surface area contributed by atoms with Gasteiger partial charge < -0.3 is 20.2 Å². The van der Waals surface area contributed by atoms with Crippen LogP contribution in [0.15, 0.2) is 0 Å². The molecule has 0 aromatic carbocycles. The van der Waals surface area contributed by atoms with E-state index in [4.69, 9.17) is 5.11 Å². The lowest BCUT2D eigenvalue weighted by atomic mass is 9.97. The minimum absolute atomic E-state index is 0.0372. The molecule has 7 heteroatoms. The Morgan fingerprint density at radius 1 is 1.44 bits per heavy atom. The van der Waals surface area contributed by atoms with E-state index in [-0.39, 0.29) is 24.3 Å². The van der Waals surface area contributed by atoms with Crippen LogP contribution in [0.25, 0.3) is 0 Å². The monoisotopic (exact) mass is 255 g/mol. The summed E-state index contributed by atoms with van der Waals surface area (Å²) in [7, 11) is 1.71. The van der Waals surface area contributed by atoms with E-state index < -0.39 is 12.0 Å². The summed E-state index contributed by atoms with van der Waals surface area (Å²) >= 11 is 0. The van der Waals surface area contributed by atoms with Gasteiger partial charge in [-0.05, 0) is 6.42 Å². The van der Waals surface area contributed by atoms with Gasteiger partial charge in [-0.1, -0.05) is 0 Å². The second-order valence-electron chi connectivity index (χ2n) is 4.92. The van der Waals surface area contributed by atoms with Crippen molar-refractivity contribution in [1.82, 2.24) is 15.1 Å². The standard InChI is InChI=1S/C11H17N3O4/c1-13-3-2-8(10(13)17)12-11(18)14-5-7(6-14)4-9(15)16/h7-8H,2-6H2,1H3,(H,12,18)(H,15,16). The first-order valence-corrected chi connectivity index (χ1v) is 5.99. The highest BCUT2D eigenvalue weighted by molar-refractivity contribution is 5.88. The molecule has 7 nitrogen and oxygen atoms in total. The summed E-state index contributed by atoms with van der Waals surface area (Å²) in [5.41, 5.74) is 0. The Morgan fingerprint density at radius 3 is 2.61 bits per heavy atom. The Hall–Kier alpha value is -1.79. The SMILES string of the molecule is CN1CCC(NC(=O)N2CC(CC(=O)O)C2)C1=O. The number of carbonyl (C=O) groups excluding carboxylic acids is 2. The number of carbonyl (C=O) groups is 3. The van der Waals surface area contributed by atoms with Crippen molar-refractivity contribution >= 4 is 17.9 Å². The first-order chi connectivity index (χ1) is 8.47. The van der Waals surface area contributed by atoms with E-state index in [1.807, 2.05) is 0 Å². The average molecular weight is 255 g/mol. The molecule has 2 rings (SSSR count). The molecular formula is C11H17N3O4. The molecule has 2 fully saturated rings. The van der Waals surface area contributed by atoms with Crippen LogP contribution in [-0.2, 0) is 9.59 Å². The van der Waals surface area contributed by atoms with Crippen LogP contribution in [0.3, 0.4) is 0 Å². The summed E-state index contributed by atoms with van der Waals surface area (Å²) in [6.07, 6.45) is 0.725. The van der Waals surface area contributed by atoms with E-state index in [2.05, 4.69) is 5.32 Å². The molecular weight excluding hydrogens is 238 g/mol. The van der Waals surface area contributed by atoms with Crippen molar-refractivity contribution in [3.63, 3.8) is 0 Å². The number of likely N-dealkylation sites (N-methyl/N-ethyl adjacent to an activating group) is 1. The summed E-state index contributed by atoms with van der Waals surface area (Å²) in [6, 6.07) is -0.702. The molecule has 0 aromatic heterocycles. The van der Waals surface area contributed by atoms with E-state index in [0.29, 0.717) is 26.1 Å². The Bertz CT molecular complexity index is 378. The Morgan fingerprint density at radius 2 is 2.11 bits per heavy atom. The number of nitrogens with zero attached hydrogens (tertiary/aromatic N) is 2. The molecule has 0 spiro atoms. The van der Waals surface area contributed by atoms with Crippen LogP contribution in [0.1, 0.15) is 12.8 Å². The number of hydrogen-bond donors (Lipinski definition) is 2. The lowest BCUT2D eigenvalue weighted by Crippen LogP contribution is -2.56. The fourth-order valence-corrected chi connectivity index (χ4v) is 2.31. The predicted molar refractivity (Wildman–Crippen MR) is 61.9 cm³/mol. The summed E-state index contributed by atoms with van der Waals surface area (Å²) in [6.45, 7) is 1.56. The second kappa shape index (κ2) is 4.83. The van der Waals surface area contributed by atoms with Crippen LogP contribution in [0.5, 0.6) is 0 Å². The van der Waals surface area contributed by atoms with E-state index in [0.717, 1.165) is 0 Å². The maximum atomic E-state index is 11.8. The van der Waals surface area contributed by atoms with Crippen molar-refractivity contribution in [2.24, 2.45) is 5.92 Å². The number of aliphatic carboxylic acids is 1. The number of rotatable bonds is 3. The molecule has 18 heavy (non-hydrogen) atoms. The summed E-state index contributed by atoms with van der Waals surface area (Å²) < 4.78 is 0. The van der Waals surface area contributed by atoms with Gasteiger partial charge in [0.2, 0.25) is 5.91 Å². The van der Waals surface area contributed by atoms with E-state index in [9.17, 15) is 14.4 Å². The number of nitrogens with one attached hydrogen (secondary N) is 1. The number of urea groups is 1. The quantitative estimate of drug-likeness (QED) is 0.700. The van der Waals surface area contributed by atoms with E-state index in [1.54, 1.807) is 16.8 Å². The highest BCUT2D eigenvalue weighted by Crippen LogP contribution is 2.19. The van der Waals surface area contributed by atoms with Crippen molar-refractivity contribution < 1.29 is 19.5 Å². The van der Waals surface area contributed by atoms with E-state index >= 15 is 0 Å². The normalized spacial score (nSPS) is 24.1. The molecule has 0 bridgehead atoms. The third-order valence-corrected chi connectivity index (χ3v) is 3.43. The second-order valence-corrected chi connectivity index (χ2v) is 4.92. The average Bonchev–Trinajstić information content (AvgIpc) is 2.54. The predicted octanol–water partition coefficient (Wildman–Crippen LogP) is -0.667. The third-order valence-electron chi connectivity index (χ3n) is 3.43. The molecule has 0 saturated carbocycles. The van der Waals surface area contributed by atoms with Crippen molar-refractivity contribution in [3.05, 3.63) is 0 Å². The zero-order valence-corrected chi connectivity index (χ0v) is 10.3. The molecule has 1 atom stereocenters. The van der Waals surface area contributed by atoms with Crippen LogP contribution in [0, 0.1) is 5.92 Å². The van der Waals surface area contributed by atoms with Crippen LogP contribution < -0.4 is 5.32 Å². The van der Waals surface area contributed by atoms with Gasteiger partial charge in [0.1, 0.15) is 6.04 Å². The lowest BCUT2D eigenvalue weighted by Gasteiger charge is -2.38. The third kappa shape index (κ3) is 2.55. The van der Waals surface area contributed by atoms with Crippen molar-refractivity contribution in [2.75, 3.05) is 26.7 Å². The minimum Gasteiger partial charge on any atom is -0.481 e. The lowest BCUT2D eigenvalue weighted by molar-refractivity contribution is -0.139. The van der Waals surface area contributed by atoms with Crippen LogP contribution in [0.2, 0.25) is 0 Å². The molecule has 2 heterocycles. The van der Waals surface area contributed by atoms with Crippen molar-refractivity contribution in [2.45, 2.75) is 18.9 Å². The summed E-state index contributed by atoms with van der Waals surface area (Å²) in [5, 5.41) is 11.3. The molecule has 2 aliphatic heterocycles. The molecule has 2 saturated heterocycles. The highest BCUT2D eigenvalue weighted by Gasteiger charge is 2.36. The number of carboxylic acids is 1. The molecule has 2 aliphatic rings. The number of likely N-dealkylation sites (tertiary alicyclic amines) is 2. The van der Waals surface area contributed by atoms with Crippen molar-refractivity contribution in [3.8, 4) is 0 Å². The summed E-state index contributed by atoms with van der Waals surface area (Å²) in [4.78, 5) is 37.0. The summed E-state index contributed by atoms with van der Waals surface area (Å²) in [5.74, 6) is -0.867. The van der Waals surface area contributed by atoms with Gasteiger partial charge in [-0.3, -0.25) is 9.59 Å². The van der Waals surface area contributed by atoms with Gasteiger partial charge in [-0.25, -0.2) is 4.79 Å². The maximum Gasteiger partial charge on any atom is 0.318 e. The first-order valence-electron chi connectivity index (χ1n) is 5.99.